The summed E-state index contributed by atoms with van der Waals surface area (Å²) in [6.45, 7) is 0.854. The molecule has 0 amide bonds. The van der Waals surface area contributed by atoms with Crippen molar-refractivity contribution < 1.29 is 0 Å². The lowest BCUT2D eigenvalue weighted by molar-refractivity contribution is 0.924. The first-order valence-corrected chi connectivity index (χ1v) is 5.47. The van der Waals surface area contributed by atoms with Crippen molar-refractivity contribution in [1.29, 1.82) is 5.26 Å². The molecule has 82 valence electrons. The van der Waals surface area contributed by atoms with Gasteiger partial charge in [0.1, 0.15) is 6.07 Å². The highest BCUT2D eigenvalue weighted by Crippen LogP contribution is 2.34. The lowest BCUT2D eigenvalue weighted by Crippen LogP contribution is -2.16. The van der Waals surface area contributed by atoms with Crippen molar-refractivity contribution in [2.45, 2.75) is 6.42 Å². The molecular weight excluding hydrogens is 212 g/mol. The Bertz CT molecular complexity index is 600. The molecule has 1 aromatic carbocycles. The predicted octanol–water partition coefficient (Wildman–Crippen LogP) is 2.04. The van der Waals surface area contributed by atoms with E-state index in [1.807, 2.05) is 12.1 Å². The van der Waals surface area contributed by atoms with Gasteiger partial charge in [0.15, 0.2) is 5.82 Å². The summed E-state index contributed by atoms with van der Waals surface area (Å²) in [5, 5.41) is 17.0. The summed E-state index contributed by atoms with van der Waals surface area (Å²) in [5.41, 5.74) is 2.99. The number of aromatic nitrogens is 2. The molecule has 2 heterocycles. The Labute approximate surface area is 99.1 Å². The Morgan fingerprint density at radius 3 is 3.00 bits per heavy atom. The van der Waals surface area contributed by atoms with Crippen LogP contribution in [0.15, 0.2) is 36.5 Å². The average molecular weight is 222 g/mol. The van der Waals surface area contributed by atoms with Gasteiger partial charge < -0.3 is 4.90 Å². The van der Waals surface area contributed by atoms with Gasteiger partial charge in [0.2, 0.25) is 0 Å². The Hall–Kier alpha value is -2.41. The van der Waals surface area contributed by atoms with E-state index in [0.717, 1.165) is 18.7 Å². The van der Waals surface area contributed by atoms with E-state index in [2.05, 4.69) is 33.3 Å². The van der Waals surface area contributed by atoms with Gasteiger partial charge in [0.25, 0.3) is 0 Å². The van der Waals surface area contributed by atoms with Crippen molar-refractivity contribution in [3.63, 3.8) is 0 Å². The van der Waals surface area contributed by atoms with Crippen molar-refractivity contribution >= 4 is 11.5 Å². The molecule has 4 nitrogen and oxygen atoms in total. The number of fused-ring (bicyclic) bond motifs is 1. The molecule has 17 heavy (non-hydrogen) atoms. The van der Waals surface area contributed by atoms with E-state index in [1.165, 1.54) is 5.56 Å². The number of rotatable bonds is 1. The van der Waals surface area contributed by atoms with E-state index < -0.39 is 0 Å². The van der Waals surface area contributed by atoms with E-state index >= 15 is 0 Å². The van der Waals surface area contributed by atoms with Crippen LogP contribution in [0.25, 0.3) is 0 Å². The van der Waals surface area contributed by atoms with Crippen LogP contribution in [-0.4, -0.2) is 16.7 Å². The van der Waals surface area contributed by atoms with Gasteiger partial charge in [-0.25, -0.2) is 0 Å². The molecule has 4 heteroatoms. The summed E-state index contributed by atoms with van der Waals surface area (Å²) in [5.74, 6) is 0.653. The molecule has 0 saturated heterocycles. The molecular formula is C13H10N4. The molecule has 1 aromatic heterocycles. The number of hydrogen-bond acceptors (Lipinski definition) is 4. The molecule has 0 radical (unpaired) electrons. The molecule has 0 spiro atoms. The van der Waals surface area contributed by atoms with E-state index in [1.54, 1.807) is 12.3 Å². The predicted molar refractivity (Wildman–Crippen MR) is 63.9 cm³/mol. The Morgan fingerprint density at radius 1 is 1.24 bits per heavy atom. The minimum atomic E-state index is 0.566. The molecule has 0 N–H and O–H groups in total. The highest BCUT2D eigenvalue weighted by Gasteiger charge is 2.23. The van der Waals surface area contributed by atoms with Gasteiger partial charge in [-0.15, -0.1) is 5.10 Å². The minimum Gasteiger partial charge on any atom is -0.323 e. The maximum Gasteiger partial charge on any atom is 0.173 e. The number of nitrogens with zero attached hydrogens (tertiary/aromatic N) is 4. The largest absolute Gasteiger partial charge is 0.323 e. The second kappa shape index (κ2) is 3.87. The summed E-state index contributed by atoms with van der Waals surface area (Å²) < 4.78 is 0. The van der Waals surface area contributed by atoms with Gasteiger partial charge >= 0.3 is 0 Å². The smallest absolute Gasteiger partial charge is 0.173 e. The fraction of sp³-hybridized carbons (Fsp3) is 0.154. The van der Waals surface area contributed by atoms with Crippen molar-refractivity contribution in [3.8, 4) is 6.07 Å². The summed E-state index contributed by atoms with van der Waals surface area (Å²) in [6, 6.07) is 12.1. The number of nitriles is 1. The highest BCUT2D eigenvalue weighted by atomic mass is 15.3. The van der Waals surface area contributed by atoms with Gasteiger partial charge in [0, 0.05) is 12.2 Å². The van der Waals surface area contributed by atoms with Crippen LogP contribution in [0.3, 0.4) is 0 Å². The van der Waals surface area contributed by atoms with Crippen LogP contribution in [0.2, 0.25) is 0 Å². The third-order valence-corrected chi connectivity index (χ3v) is 2.96. The fourth-order valence-corrected chi connectivity index (χ4v) is 2.17. The molecule has 3 rings (SSSR count). The van der Waals surface area contributed by atoms with Crippen LogP contribution in [0.1, 0.15) is 11.1 Å². The van der Waals surface area contributed by atoms with Gasteiger partial charge in [-0.1, -0.05) is 18.2 Å². The molecule has 0 aliphatic carbocycles. The Balaban J connectivity index is 2.11. The average Bonchev–Trinajstić information content (AvgIpc) is 2.82. The normalized spacial score (nSPS) is 13.2. The summed E-state index contributed by atoms with van der Waals surface area (Å²) in [4.78, 5) is 2.06. The maximum atomic E-state index is 9.08. The maximum absolute atomic E-state index is 9.08. The summed E-state index contributed by atoms with van der Waals surface area (Å²) >= 11 is 0. The van der Waals surface area contributed by atoms with Crippen molar-refractivity contribution in [2.75, 3.05) is 11.4 Å². The first-order chi connectivity index (χ1) is 8.40. The quantitative estimate of drug-likeness (QED) is 0.741. The molecule has 0 atom stereocenters. The highest BCUT2D eigenvalue weighted by molar-refractivity contribution is 5.70. The summed E-state index contributed by atoms with van der Waals surface area (Å²) in [7, 11) is 0. The van der Waals surface area contributed by atoms with Crippen molar-refractivity contribution in [3.05, 3.63) is 47.7 Å². The van der Waals surface area contributed by atoms with Crippen LogP contribution in [0, 0.1) is 11.3 Å². The Kier molecular flexibility index (Phi) is 2.23. The van der Waals surface area contributed by atoms with E-state index in [9.17, 15) is 0 Å². The molecule has 0 bridgehead atoms. The molecule has 1 aliphatic heterocycles. The number of para-hydroxylation sites is 1. The van der Waals surface area contributed by atoms with Crippen LogP contribution < -0.4 is 4.90 Å². The van der Waals surface area contributed by atoms with E-state index in [4.69, 9.17) is 5.26 Å². The SMILES string of the molecule is N#Cc1ccnnc1N1CCc2ccccc21. The van der Waals surface area contributed by atoms with Crippen LogP contribution in [0.4, 0.5) is 11.5 Å². The second-order valence-electron chi connectivity index (χ2n) is 3.91. The molecule has 0 fully saturated rings. The topological polar surface area (TPSA) is 52.8 Å². The van der Waals surface area contributed by atoms with Crippen LogP contribution >= 0.6 is 0 Å². The van der Waals surface area contributed by atoms with Gasteiger partial charge in [-0.3, -0.25) is 0 Å². The third-order valence-electron chi connectivity index (χ3n) is 2.96. The van der Waals surface area contributed by atoms with Gasteiger partial charge in [0.05, 0.1) is 11.8 Å². The zero-order chi connectivity index (χ0) is 11.7. The minimum absolute atomic E-state index is 0.566. The zero-order valence-electron chi connectivity index (χ0n) is 9.17. The second-order valence-corrected chi connectivity index (χ2v) is 3.91. The fourth-order valence-electron chi connectivity index (χ4n) is 2.17. The van der Waals surface area contributed by atoms with Gasteiger partial charge in [-0.2, -0.15) is 10.4 Å². The Morgan fingerprint density at radius 2 is 2.12 bits per heavy atom. The molecule has 1 aliphatic rings. The van der Waals surface area contributed by atoms with E-state index in [-0.39, 0.29) is 0 Å². The first kappa shape index (κ1) is 9.79. The zero-order valence-corrected chi connectivity index (χ0v) is 9.17. The van der Waals surface area contributed by atoms with Crippen LogP contribution in [0.5, 0.6) is 0 Å². The number of benzene rings is 1. The van der Waals surface area contributed by atoms with Crippen molar-refractivity contribution in [2.24, 2.45) is 0 Å². The standard InChI is InChI=1S/C13H10N4/c14-9-11-5-7-15-16-13(11)17-8-6-10-3-1-2-4-12(10)17/h1-5,7H,6,8H2. The molecule has 2 aromatic rings. The monoisotopic (exact) mass is 222 g/mol. The van der Waals surface area contributed by atoms with E-state index in [0.29, 0.717) is 11.4 Å². The lowest BCUT2D eigenvalue weighted by atomic mass is 10.2. The summed E-state index contributed by atoms with van der Waals surface area (Å²) in [6.07, 6.45) is 2.53. The number of hydrogen-bond donors (Lipinski definition) is 0. The number of anilines is 2. The lowest BCUT2D eigenvalue weighted by Gasteiger charge is -2.18. The molecule has 0 unspecified atom stereocenters. The van der Waals surface area contributed by atoms with Crippen LogP contribution in [-0.2, 0) is 6.42 Å². The van der Waals surface area contributed by atoms with Gasteiger partial charge in [-0.05, 0) is 24.1 Å². The third kappa shape index (κ3) is 1.53. The first-order valence-electron chi connectivity index (χ1n) is 5.47. The molecule has 0 saturated carbocycles. The van der Waals surface area contributed by atoms with Crippen molar-refractivity contribution in [1.82, 2.24) is 10.2 Å².